The van der Waals surface area contributed by atoms with E-state index in [1.165, 1.54) is 12.1 Å². The van der Waals surface area contributed by atoms with Crippen LogP contribution in [-0.4, -0.2) is 15.8 Å². The Morgan fingerprint density at radius 3 is 2.20 bits per heavy atom. The summed E-state index contributed by atoms with van der Waals surface area (Å²) in [6.07, 6.45) is 3.14. The fourth-order valence-electron chi connectivity index (χ4n) is 2.44. The highest BCUT2D eigenvalue weighted by Crippen LogP contribution is 2.21. The Bertz CT molecular complexity index is 865. The van der Waals surface area contributed by atoms with E-state index >= 15 is 0 Å². The Balaban J connectivity index is 1.92. The highest BCUT2D eigenvalue weighted by Gasteiger charge is 2.18. The first-order valence-electron chi connectivity index (χ1n) is 7.65. The molecule has 0 saturated heterocycles. The van der Waals surface area contributed by atoms with E-state index < -0.39 is 4.92 Å². The number of benzene rings is 2. The number of non-ortho nitro benzene ring substituents is 1. The molecule has 0 saturated carbocycles. The minimum atomic E-state index is -0.444. The maximum absolute atomic E-state index is 12.9. The van der Waals surface area contributed by atoms with Crippen molar-refractivity contribution < 1.29 is 9.72 Å². The topological polar surface area (TPSA) is 76.3 Å². The third-order valence-corrected chi connectivity index (χ3v) is 3.73. The largest absolute Gasteiger partial charge is 0.304 e. The third kappa shape index (κ3) is 3.87. The van der Waals surface area contributed by atoms with E-state index in [2.05, 4.69) is 4.98 Å². The summed E-state index contributed by atoms with van der Waals surface area (Å²) >= 11 is 0. The van der Waals surface area contributed by atoms with Gasteiger partial charge in [-0.05, 0) is 29.8 Å². The molecule has 0 radical (unpaired) electrons. The molecule has 0 atom stereocenters. The molecular formula is C19H15N3O3. The number of anilines is 1. The molecule has 1 heterocycles. The van der Waals surface area contributed by atoms with Gasteiger partial charge in [0.05, 0.1) is 11.5 Å². The smallest absolute Gasteiger partial charge is 0.269 e. The molecule has 2 aromatic carbocycles. The van der Waals surface area contributed by atoms with Crippen molar-refractivity contribution in [1.82, 2.24) is 4.98 Å². The van der Waals surface area contributed by atoms with Gasteiger partial charge in [-0.15, -0.1) is 0 Å². The second kappa shape index (κ2) is 7.35. The Morgan fingerprint density at radius 2 is 1.60 bits per heavy atom. The maximum atomic E-state index is 12.9. The van der Waals surface area contributed by atoms with Gasteiger partial charge in [0.15, 0.2) is 0 Å². The van der Waals surface area contributed by atoms with Gasteiger partial charge in [-0.1, -0.05) is 30.3 Å². The molecule has 0 unspecified atom stereocenters. The first-order chi connectivity index (χ1) is 12.1. The molecule has 0 aliphatic rings. The molecule has 25 heavy (non-hydrogen) atoms. The van der Waals surface area contributed by atoms with Crippen LogP contribution in [0.4, 0.5) is 11.4 Å². The molecule has 6 nitrogen and oxygen atoms in total. The molecule has 124 valence electrons. The number of nitro groups is 1. The van der Waals surface area contributed by atoms with Crippen molar-refractivity contribution in [2.45, 2.75) is 6.54 Å². The lowest BCUT2D eigenvalue weighted by Crippen LogP contribution is -2.30. The first kappa shape index (κ1) is 16.3. The van der Waals surface area contributed by atoms with Crippen LogP contribution >= 0.6 is 0 Å². The van der Waals surface area contributed by atoms with E-state index in [0.717, 1.165) is 11.3 Å². The predicted molar refractivity (Wildman–Crippen MR) is 94.3 cm³/mol. The first-order valence-corrected chi connectivity index (χ1v) is 7.65. The second-order valence-electron chi connectivity index (χ2n) is 5.39. The van der Waals surface area contributed by atoms with Crippen LogP contribution in [0.25, 0.3) is 0 Å². The van der Waals surface area contributed by atoms with Crippen molar-refractivity contribution >= 4 is 17.3 Å². The van der Waals surface area contributed by atoms with Crippen LogP contribution in [0.3, 0.4) is 0 Å². The molecule has 1 amide bonds. The predicted octanol–water partition coefficient (Wildman–Crippen LogP) is 3.84. The van der Waals surface area contributed by atoms with E-state index in [-0.39, 0.29) is 11.6 Å². The van der Waals surface area contributed by atoms with E-state index in [9.17, 15) is 14.9 Å². The van der Waals surface area contributed by atoms with Gasteiger partial charge in [0.25, 0.3) is 11.6 Å². The minimum Gasteiger partial charge on any atom is -0.304 e. The van der Waals surface area contributed by atoms with Gasteiger partial charge in [-0.25, -0.2) is 0 Å². The molecule has 0 bridgehead atoms. The Morgan fingerprint density at radius 1 is 0.960 bits per heavy atom. The van der Waals surface area contributed by atoms with Gasteiger partial charge in [0.1, 0.15) is 0 Å². The summed E-state index contributed by atoms with van der Waals surface area (Å²) in [5, 5.41) is 10.8. The number of para-hydroxylation sites is 1. The van der Waals surface area contributed by atoms with Crippen LogP contribution in [-0.2, 0) is 6.54 Å². The van der Waals surface area contributed by atoms with E-state index in [1.807, 2.05) is 30.3 Å². The number of carbonyl (C=O) groups excluding carboxylic acids is 1. The third-order valence-electron chi connectivity index (χ3n) is 3.73. The van der Waals surface area contributed by atoms with E-state index in [1.54, 1.807) is 41.6 Å². The summed E-state index contributed by atoms with van der Waals surface area (Å²) < 4.78 is 0. The molecule has 1 aromatic heterocycles. The number of aromatic nitrogens is 1. The van der Waals surface area contributed by atoms with Crippen molar-refractivity contribution in [1.29, 1.82) is 0 Å². The number of amides is 1. The van der Waals surface area contributed by atoms with Crippen LogP contribution < -0.4 is 4.90 Å². The van der Waals surface area contributed by atoms with Crippen LogP contribution in [0, 0.1) is 10.1 Å². The van der Waals surface area contributed by atoms with Gasteiger partial charge >= 0.3 is 0 Å². The fourth-order valence-corrected chi connectivity index (χ4v) is 2.44. The van der Waals surface area contributed by atoms with Crippen LogP contribution in [0.5, 0.6) is 0 Å². The van der Waals surface area contributed by atoms with Crippen LogP contribution in [0.1, 0.15) is 15.9 Å². The normalized spacial score (nSPS) is 10.2. The molecule has 6 heteroatoms. The highest BCUT2D eigenvalue weighted by atomic mass is 16.6. The zero-order valence-electron chi connectivity index (χ0n) is 13.3. The lowest BCUT2D eigenvalue weighted by molar-refractivity contribution is -0.384. The summed E-state index contributed by atoms with van der Waals surface area (Å²) in [7, 11) is 0. The lowest BCUT2D eigenvalue weighted by Gasteiger charge is -2.23. The van der Waals surface area contributed by atoms with Gasteiger partial charge in [-0.2, -0.15) is 0 Å². The standard InChI is InChI=1S/C19H15N3O3/c23-19(16-10-12-20-13-11-16)21(17-4-2-1-3-5-17)14-15-6-8-18(9-7-15)22(24)25/h1-13H,14H2. The summed E-state index contributed by atoms with van der Waals surface area (Å²) in [6.45, 7) is 0.309. The number of nitro benzene ring substituents is 1. The maximum Gasteiger partial charge on any atom is 0.269 e. The number of pyridine rings is 1. The molecular weight excluding hydrogens is 318 g/mol. The average Bonchev–Trinajstić information content (AvgIpc) is 2.67. The minimum absolute atomic E-state index is 0.0236. The number of hydrogen-bond donors (Lipinski definition) is 0. The van der Waals surface area contributed by atoms with Crippen molar-refractivity contribution in [3.63, 3.8) is 0 Å². The summed E-state index contributed by atoms with van der Waals surface area (Å²) in [4.78, 5) is 28.8. The zero-order valence-corrected chi connectivity index (χ0v) is 13.3. The number of hydrogen-bond acceptors (Lipinski definition) is 4. The Kier molecular flexibility index (Phi) is 4.80. The van der Waals surface area contributed by atoms with Gasteiger partial charge in [0.2, 0.25) is 0 Å². The second-order valence-corrected chi connectivity index (χ2v) is 5.39. The van der Waals surface area contributed by atoms with E-state index in [0.29, 0.717) is 12.1 Å². The number of rotatable bonds is 5. The molecule has 3 aromatic rings. The van der Waals surface area contributed by atoms with Gasteiger partial charge < -0.3 is 4.90 Å². The molecule has 0 N–H and O–H groups in total. The molecule has 0 aliphatic carbocycles. The summed E-state index contributed by atoms with van der Waals surface area (Å²) in [6, 6.07) is 18.8. The van der Waals surface area contributed by atoms with Crippen molar-refractivity contribution in [3.05, 3.63) is 100 Å². The number of carbonyl (C=O) groups is 1. The van der Waals surface area contributed by atoms with E-state index in [4.69, 9.17) is 0 Å². The van der Waals surface area contributed by atoms with Crippen LogP contribution in [0.2, 0.25) is 0 Å². The molecule has 0 spiro atoms. The molecule has 0 fully saturated rings. The summed E-state index contributed by atoms with van der Waals surface area (Å²) in [5.41, 5.74) is 2.11. The zero-order chi connectivity index (χ0) is 17.6. The van der Waals surface area contributed by atoms with Crippen molar-refractivity contribution in [2.75, 3.05) is 4.90 Å². The van der Waals surface area contributed by atoms with Crippen molar-refractivity contribution in [2.24, 2.45) is 0 Å². The van der Waals surface area contributed by atoms with Gasteiger partial charge in [-0.3, -0.25) is 19.9 Å². The highest BCUT2D eigenvalue weighted by molar-refractivity contribution is 6.05. The SMILES string of the molecule is O=C(c1ccncc1)N(Cc1ccc([N+](=O)[O-])cc1)c1ccccc1. The average molecular weight is 333 g/mol. The quantitative estimate of drug-likeness (QED) is 0.525. The number of nitrogens with zero attached hydrogens (tertiary/aromatic N) is 3. The Hall–Kier alpha value is -3.54. The monoisotopic (exact) mass is 333 g/mol. The van der Waals surface area contributed by atoms with Crippen LogP contribution in [0.15, 0.2) is 79.1 Å². The lowest BCUT2D eigenvalue weighted by atomic mass is 10.1. The molecule has 3 rings (SSSR count). The Labute approximate surface area is 144 Å². The molecule has 0 aliphatic heterocycles. The summed E-state index contributed by atoms with van der Waals surface area (Å²) in [5.74, 6) is -0.160. The van der Waals surface area contributed by atoms with Gasteiger partial charge in [0, 0.05) is 35.8 Å². The van der Waals surface area contributed by atoms with Crippen molar-refractivity contribution in [3.8, 4) is 0 Å². The fraction of sp³-hybridized carbons (Fsp3) is 0.0526.